The molecule has 110 valence electrons. The fourth-order valence-electron chi connectivity index (χ4n) is 1.56. The zero-order valence-corrected chi connectivity index (χ0v) is 13.0. The second kappa shape index (κ2) is 16.5. The van der Waals surface area contributed by atoms with Gasteiger partial charge in [-0.05, 0) is 6.42 Å². The summed E-state index contributed by atoms with van der Waals surface area (Å²) < 4.78 is 0. The van der Waals surface area contributed by atoms with Crippen molar-refractivity contribution in [3.8, 4) is 0 Å². The highest BCUT2D eigenvalue weighted by Gasteiger charge is 2.05. The second-order valence-corrected chi connectivity index (χ2v) is 5.12. The SMILES string of the molecule is CCC(C)C(=O)O.CCCCCCCCCCC. The fraction of sp³-hybridized carbons (Fsp3) is 0.938. The van der Waals surface area contributed by atoms with E-state index in [-0.39, 0.29) is 5.92 Å². The highest BCUT2D eigenvalue weighted by molar-refractivity contribution is 5.69. The van der Waals surface area contributed by atoms with Crippen molar-refractivity contribution >= 4 is 5.97 Å². The van der Waals surface area contributed by atoms with Crippen LogP contribution in [0.1, 0.15) is 91.9 Å². The van der Waals surface area contributed by atoms with Crippen LogP contribution in [0.25, 0.3) is 0 Å². The highest BCUT2D eigenvalue weighted by Crippen LogP contribution is 2.08. The van der Waals surface area contributed by atoms with Gasteiger partial charge in [0.2, 0.25) is 0 Å². The van der Waals surface area contributed by atoms with Crippen molar-refractivity contribution in [3.05, 3.63) is 0 Å². The highest BCUT2D eigenvalue weighted by atomic mass is 16.4. The summed E-state index contributed by atoms with van der Waals surface area (Å²) >= 11 is 0. The van der Waals surface area contributed by atoms with E-state index in [1.807, 2.05) is 6.92 Å². The van der Waals surface area contributed by atoms with Crippen molar-refractivity contribution in [2.45, 2.75) is 91.9 Å². The van der Waals surface area contributed by atoms with Gasteiger partial charge in [0.1, 0.15) is 0 Å². The lowest BCUT2D eigenvalue weighted by Gasteiger charge is -1.98. The first-order valence-electron chi connectivity index (χ1n) is 7.82. The number of carbonyl (C=O) groups is 1. The van der Waals surface area contributed by atoms with Gasteiger partial charge in [-0.25, -0.2) is 0 Å². The summed E-state index contributed by atoms with van der Waals surface area (Å²) in [6.45, 7) is 8.11. The standard InChI is InChI=1S/C11H24.C5H10O2/c1-3-5-7-9-11-10-8-6-4-2;1-3-4(2)5(6)7/h3-11H2,1-2H3;4H,3H2,1-2H3,(H,6,7). The van der Waals surface area contributed by atoms with E-state index in [1.54, 1.807) is 6.92 Å². The molecule has 0 bridgehead atoms. The number of rotatable bonds is 10. The molecule has 0 aromatic carbocycles. The predicted molar refractivity (Wildman–Crippen MR) is 80.0 cm³/mol. The van der Waals surface area contributed by atoms with Crippen LogP contribution in [0.3, 0.4) is 0 Å². The average molecular weight is 258 g/mol. The summed E-state index contributed by atoms with van der Waals surface area (Å²) in [6.07, 6.45) is 13.7. The lowest BCUT2D eigenvalue weighted by molar-refractivity contribution is -0.141. The van der Waals surface area contributed by atoms with Crippen molar-refractivity contribution in [2.75, 3.05) is 0 Å². The zero-order valence-electron chi connectivity index (χ0n) is 13.0. The molecule has 0 saturated heterocycles. The molecular formula is C16H34O2. The van der Waals surface area contributed by atoms with Crippen LogP contribution in [-0.4, -0.2) is 11.1 Å². The Bertz CT molecular complexity index is 158. The van der Waals surface area contributed by atoms with Gasteiger partial charge >= 0.3 is 5.97 Å². The summed E-state index contributed by atoms with van der Waals surface area (Å²) in [6, 6.07) is 0. The maximum atomic E-state index is 9.93. The maximum Gasteiger partial charge on any atom is 0.306 e. The molecule has 18 heavy (non-hydrogen) atoms. The van der Waals surface area contributed by atoms with Crippen LogP contribution in [0.2, 0.25) is 0 Å². The Kier molecular flexibility index (Phi) is 18.1. The molecule has 1 unspecified atom stereocenters. The first kappa shape index (κ1) is 19.8. The molecule has 0 saturated carbocycles. The van der Waals surface area contributed by atoms with E-state index in [4.69, 9.17) is 5.11 Å². The molecule has 0 rings (SSSR count). The quantitative estimate of drug-likeness (QED) is 0.514. The van der Waals surface area contributed by atoms with Crippen molar-refractivity contribution in [1.82, 2.24) is 0 Å². The molecule has 0 amide bonds. The van der Waals surface area contributed by atoms with Gasteiger partial charge < -0.3 is 5.11 Å². The Labute approximate surface area is 114 Å². The van der Waals surface area contributed by atoms with Gasteiger partial charge in [0.25, 0.3) is 0 Å². The smallest absolute Gasteiger partial charge is 0.306 e. The van der Waals surface area contributed by atoms with Gasteiger partial charge in [0.15, 0.2) is 0 Å². The molecular weight excluding hydrogens is 224 g/mol. The van der Waals surface area contributed by atoms with Crippen LogP contribution >= 0.6 is 0 Å². The molecule has 0 aromatic rings. The molecule has 0 heterocycles. The van der Waals surface area contributed by atoms with E-state index >= 15 is 0 Å². The van der Waals surface area contributed by atoms with Crippen LogP contribution in [0, 0.1) is 5.92 Å². The monoisotopic (exact) mass is 258 g/mol. The van der Waals surface area contributed by atoms with Crippen molar-refractivity contribution in [1.29, 1.82) is 0 Å². The normalized spacial score (nSPS) is 11.6. The Morgan fingerprint density at radius 2 is 1.17 bits per heavy atom. The topological polar surface area (TPSA) is 37.3 Å². The van der Waals surface area contributed by atoms with Crippen LogP contribution in [0.5, 0.6) is 0 Å². The number of hydrogen-bond donors (Lipinski definition) is 1. The average Bonchev–Trinajstić information content (AvgIpc) is 2.37. The van der Waals surface area contributed by atoms with Crippen LogP contribution in [-0.2, 0) is 4.79 Å². The van der Waals surface area contributed by atoms with E-state index in [1.165, 1.54) is 57.8 Å². The Balaban J connectivity index is 0. The molecule has 0 aromatic heterocycles. The van der Waals surface area contributed by atoms with Gasteiger partial charge in [0, 0.05) is 0 Å². The zero-order chi connectivity index (χ0) is 14.2. The summed E-state index contributed by atoms with van der Waals surface area (Å²) in [5.41, 5.74) is 0. The van der Waals surface area contributed by atoms with Crippen molar-refractivity contribution in [2.24, 2.45) is 5.92 Å². The molecule has 1 N–H and O–H groups in total. The van der Waals surface area contributed by atoms with Crippen molar-refractivity contribution < 1.29 is 9.90 Å². The molecule has 1 atom stereocenters. The largest absolute Gasteiger partial charge is 0.481 e. The molecule has 0 spiro atoms. The minimum Gasteiger partial charge on any atom is -0.481 e. The summed E-state index contributed by atoms with van der Waals surface area (Å²) in [5.74, 6) is -0.887. The maximum absolute atomic E-state index is 9.93. The predicted octanol–water partition coefficient (Wildman–Crippen LogP) is 5.65. The van der Waals surface area contributed by atoms with Gasteiger partial charge in [-0.2, -0.15) is 0 Å². The number of carboxylic acids is 1. The third-order valence-electron chi connectivity index (χ3n) is 3.24. The summed E-state index contributed by atoms with van der Waals surface area (Å²) in [4.78, 5) is 9.93. The van der Waals surface area contributed by atoms with E-state index in [0.29, 0.717) is 0 Å². The fourth-order valence-corrected chi connectivity index (χ4v) is 1.56. The van der Waals surface area contributed by atoms with Crippen LogP contribution in [0.15, 0.2) is 0 Å². The number of carboxylic acid groups (broad SMARTS) is 1. The van der Waals surface area contributed by atoms with Gasteiger partial charge in [0.05, 0.1) is 5.92 Å². The lowest BCUT2D eigenvalue weighted by Crippen LogP contribution is -2.06. The summed E-state index contributed by atoms with van der Waals surface area (Å²) in [7, 11) is 0. The van der Waals surface area contributed by atoms with Gasteiger partial charge in [-0.1, -0.05) is 85.5 Å². The third-order valence-corrected chi connectivity index (χ3v) is 3.24. The third kappa shape index (κ3) is 17.9. The second-order valence-electron chi connectivity index (χ2n) is 5.12. The number of aliphatic carboxylic acids is 1. The number of hydrogen-bond acceptors (Lipinski definition) is 1. The van der Waals surface area contributed by atoms with Crippen LogP contribution in [0.4, 0.5) is 0 Å². The van der Waals surface area contributed by atoms with Gasteiger partial charge in [-0.15, -0.1) is 0 Å². The van der Waals surface area contributed by atoms with Crippen LogP contribution < -0.4 is 0 Å². The molecule has 0 aliphatic carbocycles. The first-order valence-corrected chi connectivity index (χ1v) is 7.82. The molecule has 0 aliphatic heterocycles. The Morgan fingerprint density at radius 1 is 0.833 bits per heavy atom. The summed E-state index contributed by atoms with van der Waals surface area (Å²) in [5, 5.41) is 8.18. The first-order chi connectivity index (χ1) is 8.59. The minimum atomic E-state index is -0.706. The Hall–Kier alpha value is -0.530. The van der Waals surface area contributed by atoms with E-state index in [9.17, 15) is 4.79 Å². The molecule has 0 radical (unpaired) electrons. The van der Waals surface area contributed by atoms with E-state index < -0.39 is 5.97 Å². The molecule has 2 nitrogen and oxygen atoms in total. The number of unbranched alkanes of at least 4 members (excludes halogenated alkanes) is 8. The molecule has 2 heteroatoms. The molecule has 0 fully saturated rings. The van der Waals surface area contributed by atoms with E-state index in [0.717, 1.165) is 6.42 Å². The lowest BCUT2D eigenvalue weighted by atomic mass is 10.1. The minimum absolute atomic E-state index is 0.181. The van der Waals surface area contributed by atoms with E-state index in [2.05, 4.69) is 13.8 Å². The van der Waals surface area contributed by atoms with Crippen molar-refractivity contribution in [3.63, 3.8) is 0 Å². The molecule has 0 aliphatic rings. The van der Waals surface area contributed by atoms with Gasteiger partial charge in [-0.3, -0.25) is 4.79 Å². The Morgan fingerprint density at radius 3 is 1.33 bits per heavy atom.